The number of alkyl carbamates (subject to hydrolysis) is 1. The van der Waals surface area contributed by atoms with Crippen LogP contribution in [0.1, 0.15) is 51.9 Å². The van der Waals surface area contributed by atoms with Gasteiger partial charge >= 0.3 is 6.09 Å². The van der Waals surface area contributed by atoms with Crippen molar-refractivity contribution in [3.63, 3.8) is 0 Å². The zero-order valence-corrected chi connectivity index (χ0v) is 27.7. The third-order valence-electron chi connectivity index (χ3n) is 6.55. The fourth-order valence-electron chi connectivity index (χ4n) is 4.11. The second-order valence-corrected chi connectivity index (χ2v) is 10.5. The molecule has 48 heavy (non-hydrogen) atoms. The lowest BCUT2D eigenvalue weighted by molar-refractivity contribution is -0.137. The lowest BCUT2D eigenvalue weighted by Gasteiger charge is -2.19. The molecule has 0 spiro atoms. The topological polar surface area (TPSA) is 240 Å². The highest BCUT2D eigenvalue weighted by Crippen LogP contribution is 2.07. The molecule has 1 aliphatic heterocycles. The molecule has 0 radical (unpaired) electrons. The number of carbonyl (C=O) groups is 8. The summed E-state index contributed by atoms with van der Waals surface area (Å²) in [4.78, 5) is 96.8. The first-order valence-electron chi connectivity index (χ1n) is 15.9. The van der Waals surface area contributed by atoms with E-state index in [-0.39, 0.29) is 70.3 Å². The van der Waals surface area contributed by atoms with Gasteiger partial charge in [0.1, 0.15) is 12.6 Å². The van der Waals surface area contributed by atoms with Crippen LogP contribution < -0.4 is 31.9 Å². The summed E-state index contributed by atoms with van der Waals surface area (Å²) in [6.45, 7) is 3.12. The Hall–Kier alpha value is -4.58. The first-order chi connectivity index (χ1) is 23.1. The van der Waals surface area contributed by atoms with Crippen molar-refractivity contribution >= 4 is 47.4 Å². The Morgan fingerprint density at radius 1 is 0.708 bits per heavy atom. The Bertz CT molecular complexity index is 1100. The second-order valence-electron chi connectivity index (χ2n) is 10.5. The number of methoxy groups -OCH3 is 1. The van der Waals surface area contributed by atoms with Crippen molar-refractivity contribution in [3.8, 4) is 0 Å². The molecular weight excluding hydrogens is 634 g/mol. The molecule has 1 aliphatic rings. The maximum Gasteiger partial charge on any atom is 0.407 e. The molecule has 0 unspecified atom stereocenters. The first kappa shape index (κ1) is 41.4. The van der Waals surface area contributed by atoms with Crippen molar-refractivity contribution in [2.45, 2.75) is 57.9 Å². The molecule has 0 aromatic heterocycles. The SMILES string of the molecule is CCNC(=O)COC(=O)NCCNC(=O)CCCNC(=O)[C@H](CCCCNC(=O)COCCOC)NC(=O)CCCN1C(=O)C=CC1=O. The van der Waals surface area contributed by atoms with E-state index >= 15 is 0 Å². The Kier molecular flexibility index (Phi) is 22.0. The van der Waals surface area contributed by atoms with E-state index in [4.69, 9.17) is 14.2 Å². The second kappa shape index (κ2) is 25.5. The minimum atomic E-state index is -0.880. The molecule has 0 saturated carbocycles. The van der Waals surface area contributed by atoms with Crippen LogP contribution >= 0.6 is 0 Å². The number of unbranched alkanes of at least 4 members (excludes halogenated alkanes) is 1. The predicted molar refractivity (Wildman–Crippen MR) is 170 cm³/mol. The molecule has 0 bridgehead atoms. The number of rotatable bonds is 26. The molecule has 0 aromatic carbocycles. The van der Waals surface area contributed by atoms with Gasteiger partial charge in [-0.1, -0.05) is 0 Å². The van der Waals surface area contributed by atoms with Crippen molar-refractivity contribution in [2.24, 2.45) is 0 Å². The molecule has 18 nitrogen and oxygen atoms in total. The standard InChI is InChI=1S/C30H49N7O11/c1-3-31-26(41)21-48-30(45)35-16-15-33-23(38)9-6-14-34-29(44)22(8-4-5-13-32-25(40)20-47-19-18-46-2)36-24(39)10-7-17-37-27(42)11-12-28(37)43/h11-12,22H,3-10,13-21H2,1-2H3,(H,31,41)(H,32,40)(H,33,38)(H,34,44)(H,35,45)(H,36,39)/t22-/m0/s1. The summed E-state index contributed by atoms with van der Waals surface area (Å²) in [6, 6.07) is -0.880. The van der Waals surface area contributed by atoms with E-state index in [1.807, 2.05) is 0 Å². The van der Waals surface area contributed by atoms with Gasteiger partial charge in [0.15, 0.2) is 6.61 Å². The summed E-state index contributed by atoms with van der Waals surface area (Å²) in [7, 11) is 1.53. The van der Waals surface area contributed by atoms with Crippen LogP contribution in [-0.2, 0) is 47.8 Å². The highest BCUT2D eigenvalue weighted by atomic mass is 16.6. The number of hydrogen-bond donors (Lipinski definition) is 6. The molecule has 270 valence electrons. The summed E-state index contributed by atoms with van der Waals surface area (Å²) in [5, 5.41) is 15.6. The van der Waals surface area contributed by atoms with Crippen LogP contribution in [0.2, 0.25) is 0 Å². The van der Waals surface area contributed by atoms with Gasteiger partial charge in [0.2, 0.25) is 23.6 Å². The van der Waals surface area contributed by atoms with Crippen LogP contribution in [0, 0.1) is 0 Å². The summed E-state index contributed by atoms with van der Waals surface area (Å²) < 4.78 is 14.7. The van der Waals surface area contributed by atoms with Gasteiger partial charge in [0.05, 0.1) is 13.2 Å². The van der Waals surface area contributed by atoms with E-state index in [0.717, 1.165) is 4.90 Å². The van der Waals surface area contributed by atoms with E-state index in [0.29, 0.717) is 45.6 Å². The molecule has 0 aliphatic carbocycles. The largest absolute Gasteiger partial charge is 0.439 e. The highest BCUT2D eigenvalue weighted by molar-refractivity contribution is 6.12. The zero-order valence-electron chi connectivity index (χ0n) is 27.7. The minimum Gasteiger partial charge on any atom is -0.439 e. The smallest absolute Gasteiger partial charge is 0.407 e. The fraction of sp³-hybridized carbons (Fsp3) is 0.667. The number of nitrogens with zero attached hydrogens (tertiary/aromatic N) is 1. The van der Waals surface area contributed by atoms with Crippen LogP contribution in [-0.4, -0.2) is 131 Å². The van der Waals surface area contributed by atoms with Gasteiger partial charge < -0.3 is 46.1 Å². The molecule has 1 rings (SSSR count). The van der Waals surface area contributed by atoms with Gasteiger partial charge in [-0.25, -0.2) is 4.79 Å². The summed E-state index contributed by atoms with van der Waals surface area (Å²) >= 11 is 0. The zero-order chi connectivity index (χ0) is 35.6. The third-order valence-corrected chi connectivity index (χ3v) is 6.55. The molecule has 18 heteroatoms. The van der Waals surface area contributed by atoms with Gasteiger partial charge in [0, 0.05) is 71.4 Å². The van der Waals surface area contributed by atoms with Crippen LogP contribution in [0.15, 0.2) is 12.2 Å². The number of imide groups is 1. The predicted octanol–water partition coefficient (Wildman–Crippen LogP) is -2.00. The quantitative estimate of drug-likeness (QED) is 0.0431. The average molecular weight is 684 g/mol. The fourth-order valence-corrected chi connectivity index (χ4v) is 4.11. The first-order valence-corrected chi connectivity index (χ1v) is 15.9. The van der Waals surface area contributed by atoms with Gasteiger partial charge in [-0.2, -0.15) is 0 Å². The third kappa shape index (κ3) is 19.8. The van der Waals surface area contributed by atoms with Crippen LogP contribution in [0.25, 0.3) is 0 Å². The van der Waals surface area contributed by atoms with Crippen molar-refractivity contribution in [1.82, 2.24) is 36.8 Å². The number of carbonyl (C=O) groups excluding carboxylic acids is 8. The van der Waals surface area contributed by atoms with Gasteiger partial charge in [-0.3, -0.25) is 38.5 Å². The van der Waals surface area contributed by atoms with Crippen molar-refractivity contribution in [1.29, 1.82) is 0 Å². The Morgan fingerprint density at radius 3 is 2.06 bits per heavy atom. The number of nitrogens with one attached hydrogen (secondary N) is 6. The van der Waals surface area contributed by atoms with E-state index in [9.17, 15) is 38.4 Å². The number of hydrogen-bond acceptors (Lipinski definition) is 11. The van der Waals surface area contributed by atoms with Gasteiger partial charge in [-0.05, 0) is 39.0 Å². The van der Waals surface area contributed by atoms with Gasteiger partial charge in [-0.15, -0.1) is 0 Å². The lowest BCUT2D eigenvalue weighted by Crippen LogP contribution is -2.47. The number of likely N-dealkylation sites (N-methyl/N-ethyl adjacent to an activating group) is 1. The van der Waals surface area contributed by atoms with E-state index < -0.39 is 48.3 Å². The monoisotopic (exact) mass is 683 g/mol. The van der Waals surface area contributed by atoms with Crippen molar-refractivity contribution < 1.29 is 52.6 Å². The highest BCUT2D eigenvalue weighted by Gasteiger charge is 2.24. The van der Waals surface area contributed by atoms with Crippen molar-refractivity contribution in [3.05, 3.63) is 12.2 Å². The molecule has 0 aromatic rings. The van der Waals surface area contributed by atoms with E-state index in [1.54, 1.807) is 6.92 Å². The van der Waals surface area contributed by atoms with Crippen LogP contribution in [0.4, 0.5) is 4.79 Å². The summed E-state index contributed by atoms with van der Waals surface area (Å²) in [5.74, 6) is -2.75. The maximum absolute atomic E-state index is 12.9. The summed E-state index contributed by atoms with van der Waals surface area (Å²) in [6.07, 6.45) is 3.48. The molecule has 0 saturated heterocycles. The molecule has 0 fully saturated rings. The molecule has 6 N–H and O–H groups in total. The number of ether oxygens (including phenoxy) is 3. The molecule has 1 heterocycles. The normalized spacial score (nSPS) is 12.7. The van der Waals surface area contributed by atoms with Crippen molar-refractivity contribution in [2.75, 3.05) is 72.8 Å². The Morgan fingerprint density at radius 2 is 1.35 bits per heavy atom. The molecular formula is C30H49N7O11. The maximum atomic E-state index is 12.9. The van der Waals surface area contributed by atoms with Crippen LogP contribution in [0.3, 0.4) is 0 Å². The van der Waals surface area contributed by atoms with Gasteiger partial charge in [0.25, 0.3) is 17.7 Å². The lowest BCUT2D eigenvalue weighted by atomic mass is 10.1. The Labute approximate surface area is 279 Å². The Balaban J connectivity index is 2.41. The van der Waals surface area contributed by atoms with E-state index in [1.165, 1.54) is 19.3 Å². The summed E-state index contributed by atoms with van der Waals surface area (Å²) in [5.41, 5.74) is 0. The average Bonchev–Trinajstić information content (AvgIpc) is 3.37. The number of amides is 8. The van der Waals surface area contributed by atoms with E-state index in [2.05, 4.69) is 31.9 Å². The minimum absolute atomic E-state index is 0.0130. The van der Waals surface area contributed by atoms with Crippen LogP contribution in [0.5, 0.6) is 0 Å². The molecule has 1 atom stereocenters. The molecule has 8 amide bonds.